The first-order valence-electron chi connectivity index (χ1n) is 5.85. The summed E-state index contributed by atoms with van der Waals surface area (Å²) >= 11 is 0. The monoisotopic (exact) mass is 227 g/mol. The third kappa shape index (κ3) is 2.31. The van der Waals surface area contributed by atoms with Gasteiger partial charge in [0.15, 0.2) is 0 Å². The van der Waals surface area contributed by atoms with Gasteiger partial charge < -0.3 is 5.32 Å². The zero-order chi connectivity index (χ0) is 12.4. The fourth-order valence-corrected chi connectivity index (χ4v) is 2.14. The van der Waals surface area contributed by atoms with Crippen LogP contribution in [0, 0.1) is 0 Å². The van der Waals surface area contributed by atoms with Crippen molar-refractivity contribution >= 4 is 12.0 Å². The minimum Gasteiger partial charge on any atom is -0.345 e. The van der Waals surface area contributed by atoms with Crippen LogP contribution < -0.4 is 5.32 Å². The lowest BCUT2D eigenvalue weighted by Gasteiger charge is -2.06. The summed E-state index contributed by atoms with van der Waals surface area (Å²) in [6.45, 7) is 5.97. The van der Waals surface area contributed by atoms with E-state index in [1.807, 2.05) is 51.1 Å². The SMILES string of the molecule is CC(C)=C1C(=O)N[C@@H](C)/C1=C\c1ccccc1. The summed E-state index contributed by atoms with van der Waals surface area (Å²) in [6.07, 6.45) is 2.09. The molecule has 0 saturated carbocycles. The molecular weight excluding hydrogens is 210 g/mol. The van der Waals surface area contributed by atoms with E-state index in [-0.39, 0.29) is 11.9 Å². The van der Waals surface area contributed by atoms with Crippen LogP contribution in [0.2, 0.25) is 0 Å². The smallest absolute Gasteiger partial charge is 0.252 e. The zero-order valence-corrected chi connectivity index (χ0v) is 10.4. The number of hydrogen-bond donors (Lipinski definition) is 1. The maximum atomic E-state index is 11.8. The largest absolute Gasteiger partial charge is 0.345 e. The molecule has 0 radical (unpaired) electrons. The maximum Gasteiger partial charge on any atom is 0.252 e. The van der Waals surface area contributed by atoms with Crippen molar-refractivity contribution < 1.29 is 4.79 Å². The van der Waals surface area contributed by atoms with Gasteiger partial charge in [-0.05, 0) is 38.0 Å². The first kappa shape index (κ1) is 11.6. The number of carbonyl (C=O) groups is 1. The average Bonchev–Trinajstić information content (AvgIpc) is 2.55. The van der Waals surface area contributed by atoms with Crippen molar-refractivity contribution in [1.29, 1.82) is 0 Å². The zero-order valence-electron chi connectivity index (χ0n) is 10.4. The minimum absolute atomic E-state index is 0.0414. The molecule has 1 amide bonds. The molecule has 0 aliphatic carbocycles. The van der Waals surface area contributed by atoms with E-state index >= 15 is 0 Å². The molecule has 0 aromatic heterocycles. The first-order chi connectivity index (χ1) is 8.09. The summed E-state index contributed by atoms with van der Waals surface area (Å²) in [6, 6.07) is 10.2. The van der Waals surface area contributed by atoms with Crippen molar-refractivity contribution in [3.05, 3.63) is 52.6 Å². The molecule has 0 unspecified atom stereocenters. The van der Waals surface area contributed by atoms with Gasteiger partial charge in [0.1, 0.15) is 0 Å². The van der Waals surface area contributed by atoms with Gasteiger partial charge in [-0.15, -0.1) is 0 Å². The average molecular weight is 227 g/mol. The normalized spacial score (nSPS) is 21.8. The highest BCUT2D eigenvalue weighted by Crippen LogP contribution is 2.26. The topological polar surface area (TPSA) is 29.1 Å². The minimum atomic E-state index is 0.0414. The Kier molecular flexibility index (Phi) is 3.14. The second kappa shape index (κ2) is 4.58. The number of rotatable bonds is 1. The van der Waals surface area contributed by atoms with Crippen LogP contribution in [0.15, 0.2) is 47.1 Å². The highest BCUT2D eigenvalue weighted by Gasteiger charge is 2.29. The van der Waals surface area contributed by atoms with Crippen LogP contribution >= 0.6 is 0 Å². The molecule has 17 heavy (non-hydrogen) atoms. The predicted octanol–water partition coefficient (Wildman–Crippen LogP) is 2.92. The summed E-state index contributed by atoms with van der Waals surface area (Å²) < 4.78 is 0. The van der Waals surface area contributed by atoms with E-state index in [1.165, 1.54) is 0 Å². The summed E-state index contributed by atoms with van der Waals surface area (Å²) in [5.74, 6) is 0.0414. The Morgan fingerprint density at radius 1 is 1.24 bits per heavy atom. The van der Waals surface area contributed by atoms with Crippen LogP contribution in [0.3, 0.4) is 0 Å². The van der Waals surface area contributed by atoms with Gasteiger partial charge in [0, 0.05) is 5.57 Å². The van der Waals surface area contributed by atoms with E-state index < -0.39 is 0 Å². The number of allylic oxidation sites excluding steroid dienone is 1. The molecule has 1 N–H and O–H groups in total. The molecule has 1 saturated heterocycles. The molecule has 1 aliphatic rings. The van der Waals surface area contributed by atoms with Crippen molar-refractivity contribution in [3.8, 4) is 0 Å². The Bertz CT molecular complexity index is 493. The Morgan fingerprint density at radius 3 is 2.47 bits per heavy atom. The van der Waals surface area contributed by atoms with Crippen LogP contribution in [0.4, 0.5) is 0 Å². The molecule has 2 rings (SSSR count). The van der Waals surface area contributed by atoms with E-state index in [2.05, 4.69) is 11.4 Å². The Balaban J connectivity index is 2.47. The third-order valence-corrected chi connectivity index (χ3v) is 2.95. The number of benzene rings is 1. The quantitative estimate of drug-likeness (QED) is 0.734. The predicted molar refractivity (Wildman–Crippen MR) is 70.4 cm³/mol. The molecule has 2 nitrogen and oxygen atoms in total. The second-order valence-corrected chi connectivity index (χ2v) is 4.58. The molecule has 88 valence electrons. The van der Waals surface area contributed by atoms with Crippen molar-refractivity contribution in [1.82, 2.24) is 5.32 Å². The van der Waals surface area contributed by atoms with Crippen LogP contribution in [-0.4, -0.2) is 11.9 Å². The standard InChI is InChI=1S/C15H17NO/c1-10(2)14-13(11(3)16-15(14)17)9-12-7-5-4-6-8-12/h4-9,11H,1-3H3,(H,16,17)/b13-9+/t11-/m0/s1. The molecule has 1 aromatic carbocycles. The third-order valence-electron chi connectivity index (χ3n) is 2.95. The van der Waals surface area contributed by atoms with Crippen LogP contribution in [0.1, 0.15) is 26.3 Å². The lowest BCUT2D eigenvalue weighted by molar-refractivity contribution is -0.116. The first-order valence-corrected chi connectivity index (χ1v) is 5.85. The lowest BCUT2D eigenvalue weighted by Crippen LogP contribution is -2.22. The van der Waals surface area contributed by atoms with Gasteiger partial charge in [0.2, 0.25) is 0 Å². The molecule has 2 heteroatoms. The van der Waals surface area contributed by atoms with Gasteiger partial charge in [0.05, 0.1) is 6.04 Å². The van der Waals surface area contributed by atoms with Gasteiger partial charge in [0.25, 0.3) is 5.91 Å². The van der Waals surface area contributed by atoms with Crippen molar-refractivity contribution in [2.75, 3.05) is 0 Å². The van der Waals surface area contributed by atoms with Crippen LogP contribution in [-0.2, 0) is 4.79 Å². The Labute approximate surface area is 102 Å². The summed E-state index contributed by atoms with van der Waals surface area (Å²) in [5.41, 5.74) is 4.11. The van der Waals surface area contributed by atoms with Crippen LogP contribution in [0.25, 0.3) is 6.08 Å². The molecule has 1 aromatic rings. The molecule has 1 fully saturated rings. The Hall–Kier alpha value is -1.83. The van der Waals surface area contributed by atoms with Gasteiger partial charge >= 0.3 is 0 Å². The van der Waals surface area contributed by atoms with Gasteiger partial charge in [-0.25, -0.2) is 0 Å². The summed E-state index contributed by atoms with van der Waals surface area (Å²) in [5, 5.41) is 2.95. The summed E-state index contributed by atoms with van der Waals surface area (Å²) in [4.78, 5) is 11.8. The van der Waals surface area contributed by atoms with Crippen molar-refractivity contribution in [2.45, 2.75) is 26.8 Å². The van der Waals surface area contributed by atoms with Crippen LogP contribution in [0.5, 0.6) is 0 Å². The lowest BCUT2D eigenvalue weighted by atomic mass is 9.98. The number of carbonyl (C=O) groups excluding carboxylic acids is 1. The number of hydrogen-bond acceptors (Lipinski definition) is 1. The molecule has 1 heterocycles. The molecule has 1 aliphatic heterocycles. The molecular formula is C15H17NO. The van der Waals surface area contributed by atoms with E-state index in [9.17, 15) is 4.79 Å². The van der Waals surface area contributed by atoms with Crippen molar-refractivity contribution in [2.24, 2.45) is 0 Å². The Morgan fingerprint density at radius 2 is 1.88 bits per heavy atom. The molecule has 0 spiro atoms. The number of nitrogens with one attached hydrogen (secondary N) is 1. The van der Waals surface area contributed by atoms with E-state index in [1.54, 1.807) is 0 Å². The van der Waals surface area contributed by atoms with Gasteiger partial charge in [-0.2, -0.15) is 0 Å². The highest BCUT2D eigenvalue weighted by molar-refractivity contribution is 6.04. The fraction of sp³-hybridized carbons (Fsp3) is 0.267. The fourth-order valence-electron chi connectivity index (χ4n) is 2.14. The number of amides is 1. The highest BCUT2D eigenvalue weighted by atomic mass is 16.2. The molecule has 0 bridgehead atoms. The van der Waals surface area contributed by atoms with Gasteiger partial charge in [-0.1, -0.05) is 35.9 Å². The van der Waals surface area contributed by atoms with E-state index in [0.29, 0.717) is 0 Å². The van der Waals surface area contributed by atoms with Crippen molar-refractivity contribution in [3.63, 3.8) is 0 Å². The maximum absolute atomic E-state index is 11.8. The van der Waals surface area contributed by atoms with E-state index in [4.69, 9.17) is 0 Å². The molecule has 1 atom stereocenters. The summed E-state index contributed by atoms with van der Waals surface area (Å²) in [7, 11) is 0. The van der Waals surface area contributed by atoms with E-state index in [0.717, 1.165) is 22.3 Å². The second-order valence-electron chi connectivity index (χ2n) is 4.58. The van der Waals surface area contributed by atoms with Gasteiger partial charge in [-0.3, -0.25) is 4.79 Å².